The SMILES string of the molecule is COc1ccc(CCN(C)C(=O)C2CCN(c3ccc(C#N)cn3)CC2)cc1OC. The number of carbonyl (C=O) groups is 1. The largest absolute Gasteiger partial charge is 0.493 e. The van der Waals surface area contributed by atoms with Crippen LogP contribution in [0.5, 0.6) is 11.5 Å². The number of hydrogen-bond donors (Lipinski definition) is 0. The third kappa shape index (κ3) is 5.01. The number of hydrogen-bond acceptors (Lipinski definition) is 6. The molecule has 3 rings (SSSR count). The molecule has 0 spiro atoms. The number of nitriles is 1. The van der Waals surface area contributed by atoms with Crippen molar-refractivity contribution in [2.45, 2.75) is 19.3 Å². The molecule has 0 bridgehead atoms. The first-order chi connectivity index (χ1) is 14.5. The van der Waals surface area contributed by atoms with Crippen LogP contribution in [-0.4, -0.2) is 56.7 Å². The Hall–Kier alpha value is -3.27. The molecule has 1 fully saturated rings. The molecule has 0 saturated carbocycles. The molecule has 1 saturated heterocycles. The number of rotatable bonds is 7. The van der Waals surface area contributed by atoms with Gasteiger partial charge >= 0.3 is 0 Å². The van der Waals surface area contributed by atoms with Gasteiger partial charge in [0.25, 0.3) is 0 Å². The summed E-state index contributed by atoms with van der Waals surface area (Å²) in [5, 5.41) is 8.90. The van der Waals surface area contributed by atoms with Crippen molar-refractivity contribution >= 4 is 11.7 Å². The lowest BCUT2D eigenvalue weighted by Crippen LogP contribution is -2.42. The van der Waals surface area contributed by atoms with Gasteiger partial charge in [0.05, 0.1) is 19.8 Å². The van der Waals surface area contributed by atoms with Crippen LogP contribution in [0.2, 0.25) is 0 Å². The van der Waals surface area contributed by atoms with E-state index in [9.17, 15) is 4.79 Å². The third-order valence-corrected chi connectivity index (χ3v) is 5.61. The molecule has 0 aliphatic carbocycles. The predicted octanol–water partition coefficient (Wildman–Crippen LogP) is 2.89. The van der Waals surface area contributed by atoms with E-state index in [2.05, 4.69) is 16.0 Å². The van der Waals surface area contributed by atoms with E-state index in [0.717, 1.165) is 43.7 Å². The fourth-order valence-corrected chi connectivity index (χ4v) is 3.75. The summed E-state index contributed by atoms with van der Waals surface area (Å²) in [7, 11) is 5.11. The Morgan fingerprint density at radius 3 is 2.53 bits per heavy atom. The van der Waals surface area contributed by atoms with Crippen LogP contribution in [0.3, 0.4) is 0 Å². The second-order valence-corrected chi connectivity index (χ2v) is 7.48. The van der Waals surface area contributed by atoms with Gasteiger partial charge < -0.3 is 19.3 Å². The Bertz CT molecular complexity index is 900. The Balaban J connectivity index is 1.50. The molecule has 1 aromatic heterocycles. The molecule has 30 heavy (non-hydrogen) atoms. The van der Waals surface area contributed by atoms with E-state index in [-0.39, 0.29) is 11.8 Å². The van der Waals surface area contributed by atoms with Crippen molar-refractivity contribution < 1.29 is 14.3 Å². The second kappa shape index (κ2) is 9.97. The molecular weight excluding hydrogens is 380 g/mol. The average Bonchev–Trinajstić information content (AvgIpc) is 2.82. The molecule has 158 valence electrons. The van der Waals surface area contributed by atoms with Gasteiger partial charge in [-0.3, -0.25) is 4.79 Å². The van der Waals surface area contributed by atoms with Crippen molar-refractivity contribution in [3.63, 3.8) is 0 Å². The number of nitrogens with zero attached hydrogens (tertiary/aromatic N) is 4. The topological polar surface area (TPSA) is 78.7 Å². The van der Waals surface area contributed by atoms with Gasteiger partial charge in [-0.1, -0.05) is 6.07 Å². The van der Waals surface area contributed by atoms with E-state index < -0.39 is 0 Å². The zero-order chi connectivity index (χ0) is 21.5. The van der Waals surface area contributed by atoms with Crippen LogP contribution >= 0.6 is 0 Å². The fourth-order valence-electron chi connectivity index (χ4n) is 3.75. The van der Waals surface area contributed by atoms with Crippen molar-refractivity contribution in [2.24, 2.45) is 5.92 Å². The first-order valence-corrected chi connectivity index (χ1v) is 10.1. The van der Waals surface area contributed by atoms with E-state index in [1.54, 1.807) is 26.5 Å². The van der Waals surface area contributed by atoms with E-state index in [0.29, 0.717) is 23.6 Å². The smallest absolute Gasteiger partial charge is 0.225 e. The van der Waals surface area contributed by atoms with Crippen LogP contribution in [0.15, 0.2) is 36.5 Å². The van der Waals surface area contributed by atoms with Crippen molar-refractivity contribution in [1.29, 1.82) is 5.26 Å². The number of likely N-dealkylation sites (N-methyl/N-ethyl adjacent to an activating group) is 1. The minimum absolute atomic E-state index is 0.0371. The zero-order valence-corrected chi connectivity index (χ0v) is 17.8. The standard InChI is InChI=1S/C23H28N4O3/c1-26(11-8-17-4-6-20(29-2)21(14-17)30-3)23(28)19-9-12-27(13-10-19)22-7-5-18(15-24)16-25-22/h4-7,14,16,19H,8-13H2,1-3H3. The Kier molecular flexibility index (Phi) is 7.12. The molecule has 2 heterocycles. The monoisotopic (exact) mass is 408 g/mol. The van der Waals surface area contributed by atoms with Gasteiger partial charge in [-0.05, 0) is 49.1 Å². The van der Waals surface area contributed by atoms with Crippen molar-refractivity contribution in [2.75, 3.05) is 45.8 Å². The number of benzene rings is 1. The summed E-state index contributed by atoms with van der Waals surface area (Å²) in [5.74, 6) is 2.50. The molecular formula is C23H28N4O3. The van der Waals surface area contributed by atoms with E-state index in [1.807, 2.05) is 36.2 Å². The van der Waals surface area contributed by atoms with Crippen molar-refractivity contribution in [3.8, 4) is 17.6 Å². The molecule has 0 radical (unpaired) electrons. The lowest BCUT2D eigenvalue weighted by Gasteiger charge is -2.34. The van der Waals surface area contributed by atoms with Crippen LogP contribution in [0.1, 0.15) is 24.0 Å². The quantitative estimate of drug-likeness (QED) is 0.701. The van der Waals surface area contributed by atoms with Gasteiger partial charge in [-0.15, -0.1) is 0 Å². The van der Waals surface area contributed by atoms with Crippen molar-refractivity contribution in [1.82, 2.24) is 9.88 Å². The number of methoxy groups -OCH3 is 2. The second-order valence-electron chi connectivity index (χ2n) is 7.48. The van der Waals surface area contributed by atoms with Crippen LogP contribution in [0.4, 0.5) is 5.82 Å². The number of carbonyl (C=O) groups excluding carboxylic acids is 1. The zero-order valence-electron chi connectivity index (χ0n) is 17.8. The van der Waals surface area contributed by atoms with Gasteiger partial charge in [-0.25, -0.2) is 4.98 Å². The summed E-state index contributed by atoms with van der Waals surface area (Å²) in [4.78, 5) is 21.2. The maximum atomic E-state index is 12.9. The average molecular weight is 409 g/mol. The number of amides is 1. The Morgan fingerprint density at radius 2 is 1.93 bits per heavy atom. The Morgan fingerprint density at radius 1 is 1.20 bits per heavy atom. The minimum atomic E-state index is 0.0371. The van der Waals surface area contributed by atoms with E-state index >= 15 is 0 Å². The van der Waals surface area contributed by atoms with Crippen LogP contribution in [0, 0.1) is 17.2 Å². The van der Waals surface area contributed by atoms with Gasteiger partial charge in [0.15, 0.2) is 11.5 Å². The molecule has 1 aliphatic heterocycles. The lowest BCUT2D eigenvalue weighted by atomic mass is 9.95. The molecule has 1 amide bonds. The van der Waals surface area contributed by atoms with Gasteiger partial charge in [0, 0.05) is 38.8 Å². The summed E-state index contributed by atoms with van der Waals surface area (Å²) in [5.41, 5.74) is 1.66. The molecule has 7 heteroatoms. The summed E-state index contributed by atoms with van der Waals surface area (Å²) in [6.07, 6.45) is 3.97. The molecule has 1 aromatic carbocycles. The van der Waals surface area contributed by atoms with Crippen LogP contribution < -0.4 is 14.4 Å². The number of pyridine rings is 1. The number of aromatic nitrogens is 1. The number of ether oxygens (including phenoxy) is 2. The third-order valence-electron chi connectivity index (χ3n) is 5.61. The lowest BCUT2D eigenvalue weighted by molar-refractivity contribution is -0.134. The predicted molar refractivity (Wildman–Crippen MR) is 115 cm³/mol. The van der Waals surface area contributed by atoms with Gasteiger partial charge in [0.2, 0.25) is 5.91 Å². The summed E-state index contributed by atoms with van der Waals surface area (Å²) in [6.45, 7) is 2.24. The van der Waals surface area contributed by atoms with Crippen molar-refractivity contribution in [3.05, 3.63) is 47.7 Å². The van der Waals surface area contributed by atoms with E-state index in [4.69, 9.17) is 14.7 Å². The fraction of sp³-hybridized carbons (Fsp3) is 0.435. The molecule has 0 unspecified atom stereocenters. The highest BCUT2D eigenvalue weighted by Gasteiger charge is 2.27. The normalized spacial score (nSPS) is 14.1. The highest BCUT2D eigenvalue weighted by Crippen LogP contribution is 2.28. The summed E-state index contributed by atoms with van der Waals surface area (Å²) >= 11 is 0. The summed E-state index contributed by atoms with van der Waals surface area (Å²) < 4.78 is 10.6. The van der Waals surface area contributed by atoms with E-state index in [1.165, 1.54) is 0 Å². The number of piperidine rings is 1. The number of anilines is 1. The highest BCUT2D eigenvalue weighted by atomic mass is 16.5. The van der Waals surface area contributed by atoms with Crippen LogP contribution in [0.25, 0.3) is 0 Å². The minimum Gasteiger partial charge on any atom is -0.493 e. The van der Waals surface area contributed by atoms with Crippen LogP contribution in [-0.2, 0) is 11.2 Å². The molecule has 1 aliphatic rings. The van der Waals surface area contributed by atoms with Gasteiger partial charge in [0.1, 0.15) is 11.9 Å². The summed E-state index contributed by atoms with van der Waals surface area (Å²) in [6, 6.07) is 11.6. The molecule has 7 nitrogen and oxygen atoms in total. The first kappa shape index (κ1) is 21.4. The maximum absolute atomic E-state index is 12.9. The Labute approximate surface area is 177 Å². The van der Waals surface area contributed by atoms with Gasteiger partial charge in [-0.2, -0.15) is 5.26 Å². The highest BCUT2D eigenvalue weighted by molar-refractivity contribution is 5.79. The molecule has 0 N–H and O–H groups in total. The molecule has 2 aromatic rings. The first-order valence-electron chi connectivity index (χ1n) is 10.1. The maximum Gasteiger partial charge on any atom is 0.225 e. The molecule has 0 atom stereocenters.